The fourth-order valence-electron chi connectivity index (χ4n) is 4.01. The Balaban J connectivity index is 1.47. The summed E-state index contributed by atoms with van der Waals surface area (Å²) in [4.78, 5) is 27.9. The van der Waals surface area contributed by atoms with Gasteiger partial charge in [0, 0.05) is 50.8 Å². The molecule has 2 aliphatic rings. The molecule has 0 aromatic carbocycles. The van der Waals surface area contributed by atoms with Gasteiger partial charge in [-0.1, -0.05) is 0 Å². The third-order valence-electron chi connectivity index (χ3n) is 5.83. The fraction of sp³-hybridized carbons (Fsp3) is 0.609. The lowest BCUT2D eigenvalue weighted by Crippen LogP contribution is -2.36. The van der Waals surface area contributed by atoms with Crippen molar-refractivity contribution in [2.75, 3.05) is 46.5 Å². The first kappa shape index (κ1) is 27.8. The molecule has 0 spiro atoms. The zero-order valence-corrected chi connectivity index (χ0v) is 21.6. The van der Waals surface area contributed by atoms with E-state index in [1.54, 1.807) is 27.9 Å². The SMILES string of the molecule is COCCNC(=O)C1C2CN(S(=O)(=O)c3ccc(OC/C(=C\F)CNC(=O)OC(C)(C)C)nc3)CC21. The number of carbonyl (C=O) groups is 2. The summed E-state index contributed by atoms with van der Waals surface area (Å²) >= 11 is 0. The van der Waals surface area contributed by atoms with Crippen molar-refractivity contribution in [1.29, 1.82) is 0 Å². The summed E-state index contributed by atoms with van der Waals surface area (Å²) < 4.78 is 55.9. The Hall–Kier alpha value is -2.77. The molecular weight excluding hydrogens is 495 g/mol. The van der Waals surface area contributed by atoms with E-state index in [2.05, 4.69) is 15.6 Å². The van der Waals surface area contributed by atoms with E-state index in [4.69, 9.17) is 14.2 Å². The molecule has 200 valence electrons. The lowest BCUT2D eigenvalue weighted by Gasteiger charge is -2.20. The van der Waals surface area contributed by atoms with E-state index >= 15 is 0 Å². The lowest BCUT2D eigenvalue weighted by molar-refractivity contribution is -0.123. The summed E-state index contributed by atoms with van der Waals surface area (Å²) in [6.07, 6.45) is 0.813. The molecule has 1 aromatic rings. The van der Waals surface area contributed by atoms with Crippen molar-refractivity contribution in [1.82, 2.24) is 19.9 Å². The van der Waals surface area contributed by atoms with Crippen LogP contribution in [0.4, 0.5) is 9.18 Å². The maximum Gasteiger partial charge on any atom is 0.407 e. The second-order valence-corrected chi connectivity index (χ2v) is 11.6. The number of nitrogens with one attached hydrogen (secondary N) is 2. The number of carbonyl (C=O) groups excluding carboxylic acids is 2. The van der Waals surface area contributed by atoms with Gasteiger partial charge in [0.2, 0.25) is 21.8 Å². The number of pyridine rings is 1. The quantitative estimate of drug-likeness (QED) is 0.412. The number of ether oxygens (including phenoxy) is 3. The molecule has 1 aliphatic heterocycles. The number of alkyl carbamates (subject to hydrolysis) is 1. The molecule has 11 nitrogen and oxygen atoms in total. The summed E-state index contributed by atoms with van der Waals surface area (Å²) in [5.74, 6) is -0.103. The number of nitrogens with zero attached hydrogens (tertiary/aromatic N) is 2. The second-order valence-electron chi connectivity index (χ2n) is 9.70. The van der Waals surface area contributed by atoms with Crippen LogP contribution in [0.2, 0.25) is 0 Å². The molecule has 3 rings (SSSR count). The molecule has 13 heteroatoms. The minimum absolute atomic E-state index is 0.00472. The number of rotatable bonds is 11. The van der Waals surface area contributed by atoms with Crippen LogP contribution in [-0.4, -0.2) is 81.8 Å². The Morgan fingerprint density at radius 3 is 2.47 bits per heavy atom. The molecule has 0 bridgehead atoms. The molecule has 0 radical (unpaired) electrons. The summed E-state index contributed by atoms with van der Waals surface area (Å²) in [6, 6.07) is 2.75. The Labute approximate surface area is 210 Å². The van der Waals surface area contributed by atoms with E-state index in [0.717, 1.165) is 0 Å². The molecule has 2 atom stereocenters. The lowest BCUT2D eigenvalue weighted by atomic mass is 10.2. The predicted octanol–water partition coefficient (Wildman–Crippen LogP) is 1.47. The Bertz CT molecular complexity index is 1060. The number of piperidine rings is 1. The molecule has 1 saturated carbocycles. The molecule has 1 saturated heterocycles. The number of halogens is 1. The second kappa shape index (κ2) is 11.5. The monoisotopic (exact) mass is 528 g/mol. The van der Waals surface area contributed by atoms with E-state index in [1.165, 1.54) is 22.6 Å². The molecule has 2 heterocycles. The van der Waals surface area contributed by atoms with Crippen molar-refractivity contribution in [2.45, 2.75) is 31.3 Å². The number of fused-ring (bicyclic) bond motifs is 1. The van der Waals surface area contributed by atoms with Crippen molar-refractivity contribution < 1.29 is 36.6 Å². The van der Waals surface area contributed by atoms with Gasteiger partial charge < -0.3 is 24.8 Å². The number of aromatic nitrogens is 1. The van der Waals surface area contributed by atoms with Gasteiger partial charge in [-0.15, -0.1) is 0 Å². The van der Waals surface area contributed by atoms with E-state index in [1.807, 2.05) is 0 Å². The topological polar surface area (TPSA) is 136 Å². The van der Waals surface area contributed by atoms with E-state index in [0.29, 0.717) is 19.5 Å². The Morgan fingerprint density at radius 1 is 1.22 bits per heavy atom. The molecule has 1 aromatic heterocycles. The van der Waals surface area contributed by atoms with Crippen molar-refractivity contribution in [3.05, 3.63) is 30.2 Å². The molecule has 36 heavy (non-hydrogen) atoms. The normalized spacial score (nSPS) is 22.0. The van der Waals surface area contributed by atoms with Gasteiger partial charge >= 0.3 is 6.09 Å². The van der Waals surface area contributed by atoms with Crippen molar-refractivity contribution in [3.63, 3.8) is 0 Å². The van der Waals surface area contributed by atoms with Crippen LogP contribution in [-0.2, 0) is 24.3 Å². The average molecular weight is 529 g/mol. The number of hydrogen-bond acceptors (Lipinski definition) is 8. The standard InChI is InChI=1S/C23H33FN4O7S/c1-23(2,3)35-22(30)27-10-15(9-24)14-34-19-6-5-16(11-26-19)36(31,32)28-12-17-18(13-28)20(17)21(29)25-7-8-33-4/h5-6,9,11,17-18,20H,7-8,10,12-14H2,1-4H3,(H,25,29)(H,27,30)/b15-9-. The first-order valence-electron chi connectivity index (χ1n) is 11.6. The van der Waals surface area contributed by atoms with Gasteiger partial charge in [0.05, 0.1) is 19.1 Å². The van der Waals surface area contributed by atoms with Gasteiger partial charge in [-0.2, -0.15) is 4.31 Å². The van der Waals surface area contributed by atoms with Crippen molar-refractivity contribution in [2.24, 2.45) is 17.8 Å². The fourth-order valence-corrected chi connectivity index (χ4v) is 5.47. The third-order valence-corrected chi connectivity index (χ3v) is 7.65. The number of amides is 2. The zero-order valence-electron chi connectivity index (χ0n) is 20.8. The molecule has 1 aliphatic carbocycles. The molecule has 2 unspecified atom stereocenters. The van der Waals surface area contributed by atoms with Gasteiger partial charge in [0.1, 0.15) is 17.1 Å². The van der Waals surface area contributed by atoms with Gasteiger partial charge in [0.15, 0.2) is 0 Å². The van der Waals surface area contributed by atoms with E-state index in [9.17, 15) is 22.4 Å². The summed E-state index contributed by atoms with van der Waals surface area (Å²) in [7, 11) is -2.21. The van der Waals surface area contributed by atoms with Crippen LogP contribution in [0.15, 0.2) is 35.1 Å². The van der Waals surface area contributed by atoms with Crippen LogP contribution in [0.3, 0.4) is 0 Å². The maximum atomic E-state index is 13.2. The van der Waals surface area contributed by atoms with Gasteiger partial charge in [0.25, 0.3) is 0 Å². The maximum absolute atomic E-state index is 13.2. The highest BCUT2D eigenvalue weighted by Crippen LogP contribution is 2.52. The van der Waals surface area contributed by atoms with Gasteiger partial charge in [-0.25, -0.2) is 22.6 Å². The van der Waals surface area contributed by atoms with Gasteiger partial charge in [-0.3, -0.25) is 4.79 Å². The van der Waals surface area contributed by atoms with Crippen LogP contribution in [0, 0.1) is 17.8 Å². The zero-order chi connectivity index (χ0) is 26.5. The first-order chi connectivity index (χ1) is 17.0. The summed E-state index contributed by atoms with van der Waals surface area (Å²) in [5, 5.41) is 5.23. The largest absolute Gasteiger partial charge is 0.473 e. The van der Waals surface area contributed by atoms with Crippen LogP contribution >= 0.6 is 0 Å². The Morgan fingerprint density at radius 2 is 1.92 bits per heavy atom. The van der Waals surface area contributed by atoms with Crippen LogP contribution in [0.1, 0.15) is 20.8 Å². The first-order valence-corrected chi connectivity index (χ1v) is 13.0. The number of methoxy groups -OCH3 is 1. The summed E-state index contributed by atoms with van der Waals surface area (Å²) in [5.41, 5.74) is -0.543. The number of sulfonamides is 1. The molecule has 2 amide bonds. The third kappa shape index (κ3) is 7.14. The predicted molar refractivity (Wildman–Crippen MR) is 127 cm³/mol. The van der Waals surface area contributed by atoms with Crippen LogP contribution in [0.25, 0.3) is 0 Å². The number of hydrogen-bond donors (Lipinski definition) is 2. The smallest absolute Gasteiger partial charge is 0.407 e. The molecule has 2 N–H and O–H groups in total. The minimum Gasteiger partial charge on any atom is -0.473 e. The molecule has 2 fully saturated rings. The van der Waals surface area contributed by atoms with Crippen molar-refractivity contribution in [3.8, 4) is 5.88 Å². The highest BCUT2D eigenvalue weighted by atomic mass is 32.2. The molecular formula is C23H33FN4O7S. The van der Waals surface area contributed by atoms with E-state index in [-0.39, 0.29) is 66.3 Å². The minimum atomic E-state index is -3.77. The highest BCUT2D eigenvalue weighted by molar-refractivity contribution is 7.89. The summed E-state index contributed by atoms with van der Waals surface area (Å²) in [6.45, 7) is 6.23. The van der Waals surface area contributed by atoms with E-state index < -0.39 is 21.7 Å². The van der Waals surface area contributed by atoms with Crippen LogP contribution in [0.5, 0.6) is 5.88 Å². The Kier molecular flexibility index (Phi) is 8.90. The highest BCUT2D eigenvalue weighted by Gasteiger charge is 2.61. The van der Waals surface area contributed by atoms with Crippen LogP contribution < -0.4 is 15.4 Å². The van der Waals surface area contributed by atoms with Gasteiger partial charge in [-0.05, 0) is 38.7 Å². The van der Waals surface area contributed by atoms with Crippen molar-refractivity contribution >= 4 is 22.0 Å². The average Bonchev–Trinajstić information content (AvgIpc) is 3.31.